The van der Waals surface area contributed by atoms with E-state index in [9.17, 15) is 4.79 Å². The number of hydrogen-bond acceptors (Lipinski definition) is 3. The average Bonchev–Trinajstić information content (AvgIpc) is 1.62. The molecule has 0 spiro atoms. The Labute approximate surface area is 90.3 Å². The monoisotopic (exact) mass is 260 g/mol. The van der Waals surface area contributed by atoms with Crippen molar-refractivity contribution in [2.75, 3.05) is 0 Å². The van der Waals surface area contributed by atoms with Gasteiger partial charge in [-0.25, -0.2) is 0 Å². The van der Waals surface area contributed by atoms with Crippen LogP contribution in [0, 0.1) is 0 Å². The number of carboxylic acid groups (broad SMARTS) is 1. The molecular formula is C6H17AsO2S2. The fourth-order valence-electron chi connectivity index (χ4n) is 0.214. The van der Waals surface area contributed by atoms with Gasteiger partial charge in [0, 0.05) is 11.0 Å². The van der Waals surface area contributed by atoms with Gasteiger partial charge in [0.2, 0.25) is 0 Å². The predicted molar refractivity (Wildman–Crippen MR) is 59.9 cm³/mol. The number of aliphatic carboxylic acids is 1. The molecule has 1 N–H and O–H groups in total. The fourth-order valence-corrected chi connectivity index (χ4v) is 0.214. The molecule has 1 atom stereocenters. The summed E-state index contributed by atoms with van der Waals surface area (Å²) in [6.45, 7) is 3.74. The third kappa shape index (κ3) is 58.8. The van der Waals surface area contributed by atoms with Crippen LogP contribution >= 0.6 is 25.3 Å². The van der Waals surface area contributed by atoms with Crippen molar-refractivity contribution in [1.29, 1.82) is 0 Å². The van der Waals surface area contributed by atoms with Crippen molar-refractivity contribution < 1.29 is 9.90 Å². The van der Waals surface area contributed by atoms with E-state index in [0.717, 1.165) is 6.42 Å². The van der Waals surface area contributed by atoms with Crippen LogP contribution in [0.3, 0.4) is 0 Å². The number of carboxylic acids is 1. The standard InChI is InChI=1S/C4H8O2.C2H6S2.AsH3/c1-2-3-4(5)6;1-2(3)4;/h2-3H2,1H3,(H,5,6);2-4H,1H3;1H3. The van der Waals surface area contributed by atoms with E-state index in [1.54, 1.807) is 0 Å². The molecule has 0 aliphatic rings. The molecule has 70 valence electrons. The fraction of sp³-hybridized carbons (Fsp3) is 0.833. The van der Waals surface area contributed by atoms with Crippen molar-refractivity contribution in [3.05, 3.63) is 0 Å². The molecule has 0 saturated carbocycles. The van der Waals surface area contributed by atoms with Gasteiger partial charge in [-0.2, -0.15) is 25.3 Å². The van der Waals surface area contributed by atoms with Gasteiger partial charge in [-0.1, -0.05) is 6.92 Å². The van der Waals surface area contributed by atoms with Crippen LogP contribution in [0.4, 0.5) is 0 Å². The molecule has 2 nitrogen and oxygen atoms in total. The van der Waals surface area contributed by atoms with Crippen molar-refractivity contribution in [2.24, 2.45) is 0 Å². The molecule has 0 rings (SSSR count). The molecule has 0 aromatic heterocycles. The second kappa shape index (κ2) is 13.3. The van der Waals surface area contributed by atoms with Crippen LogP contribution in [0.1, 0.15) is 26.7 Å². The Hall–Kier alpha value is 0.728. The normalized spacial score (nSPS) is 7.73. The molecule has 0 saturated heterocycles. The SMILES string of the molecule is CC(S)S.CCCC(=O)O.[AsH3]. The zero-order valence-electron chi connectivity index (χ0n) is 6.95. The third-order valence-electron chi connectivity index (χ3n) is 0.464. The summed E-state index contributed by atoms with van der Waals surface area (Å²) in [5, 5.41) is 7.91. The molecule has 0 amide bonds. The Morgan fingerprint density at radius 3 is 1.82 bits per heavy atom. The van der Waals surface area contributed by atoms with E-state index in [-0.39, 0.29) is 22.5 Å². The van der Waals surface area contributed by atoms with Crippen molar-refractivity contribution in [3.63, 3.8) is 0 Å². The quantitative estimate of drug-likeness (QED) is 0.392. The minimum atomic E-state index is -0.711. The minimum absolute atomic E-state index is 0. The summed E-state index contributed by atoms with van der Waals surface area (Å²) in [5.74, 6) is -0.711. The molecule has 0 heterocycles. The van der Waals surface area contributed by atoms with Crippen molar-refractivity contribution in [2.45, 2.75) is 31.3 Å². The van der Waals surface area contributed by atoms with Gasteiger partial charge < -0.3 is 5.11 Å². The Kier molecular flexibility index (Phi) is 21.5. The van der Waals surface area contributed by atoms with E-state index in [4.69, 9.17) is 5.11 Å². The van der Waals surface area contributed by atoms with Gasteiger partial charge in [0.25, 0.3) is 0 Å². The summed E-state index contributed by atoms with van der Waals surface area (Å²) in [5.41, 5.74) is 0. The molecule has 0 bridgehead atoms. The van der Waals surface area contributed by atoms with Crippen molar-refractivity contribution in [3.8, 4) is 0 Å². The summed E-state index contributed by atoms with van der Waals surface area (Å²) < 4.78 is 0.222. The van der Waals surface area contributed by atoms with Crippen LogP contribution in [0.25, 0.3) is 0 Å². The Morgan fingerprint density at radius 2 is 1.82 bits per heavy atom. The van der Waals surface area contributed by atoms with Crippen LogP contribution < -0.4 is 0 Å². The second-order valence-electron chi connectivity index (χ2n) is 1.78. The second-order valence-corrected chi connectivity index (χ2v) is 3.73. The van der Waals surface area contributed by atoms with Gasteiger partial charge in [0.1, 0.15) is 0 Å². The van der Waals surface area contributed by atoms with Gasteiger partial charge in [0.05, 0.1) is 0 Å². The van der Waals surface area contributed by atoms with Gasteiger partial charge >= 0.3 is 23.9 Å². The molecule has 0 aliphatic carbocycles. The maximum atomic E-state index is 9.60. The zero-order chi connectivity index (χ0) is 8.57. The Bertz CT molecular complexity index is 85.9. The van der Waals surface area contributed by atoms with Crippen LogP contribution in [0.2, 0.25) is 0 Å². The summed E-state index contributed by atoms with van der Waals surface area (Å²) in [6, 6.07) is 0. The number of hydrogen-bond donors (Lipinski definition) is 3. The van der Waals surface area contributed by atoms with E-state index >= 15 is 0 Å². The van der Waals surface area contributed by atoms with E-state index in [0.29, 0.717) is 6.42 Å². The molecule has 11 heavy (non-hydrogen) atoms. The zero-order valence-corrected chi connectivity index (χ0v) is 11.7. The Morgan fingerprint density at radius 1 is 1.55 bits per heavy atom. The molecule has 0 radical (unpaired) electrons. The summed E-state index contributed by atoms with van der Waals surface area (Å²) in [7, 11) is 0. The topological polar surface area (TPSA) is 37.3 Å². The maximum absolute atomic E-state index is 9.60. The van der Waals surface area contributed by atoms with Gasteiger partial charge in [-0.15, -0.1) is 0 Å². The van der Waals surface area contributed by atoms with Gasteiger partial charge in [-0.05, 0) is 13.3 Å². The van der Waals surface area contributed by atoms with Crippen molar-refractivity contribution in [1.82, 2.24) is 0 Å². The van der Waals surface area contributed by atoms with Crippen LogP contribution in [-0.4, -0.2) is 33.6 Å². The van der Waals surface area contributed by atoms with E-state index < -0.39 is 5.97 Å². The molecular weight excluding hydrogens is 243 g/mol. The first kappa shape index (κ1) is 17.7. The first-order valence-electron chi connectivity index (χ1n) is 3.08. The number of thiol groups is 2. The van der Waals surface area contributed by atoms with Gasteiger partial charge in [-0.3, -0.25) is 4.79 Å². The van der Waals surface area contributed by atoms with E-state index in [1.807, 2.05) is 13.8 Å². The molecule has 1 unspecified atom stereocenters. The number of rotatable bonds is 2. The van der Waals surface area contributed by atoms with Crippen LogP contribution in [0.5, 0.6) is 0 Å². The van der Waals surface area contributed by atoms with E-state index in [2.05, 4.69) is 25.3 Å². The predicted octanol–water partition coefficient (Wildman–Crippen LogP) is 0.879. The summed E-state index contributed by atoms with van der Waals surface area (Å²) in [6.07, 6.45) is 1.02. The van der Waals surface area contributed by atoms with Crippen molar-refractivity contribution >= 4 is 49.2 Å². The van der Waals surface area contributed by atoms with Crippen LogP contribution in [0.15, 0.2) is 0 Å². The third-order valence-corrected chi connectivity index (χ3v) is 0.464. The Balaban J connectivity index is -0.000000114. The first-order valence-corrected chi connectivity index (χ1v) is 4.11. The first-order chi connectivity index (χ1) is 4.50. The number of carbonyl (C=O) groups is 1. The molecule has 0 fully saturated rings. The average molecular weight is 260 g/mol. The molecule has 0 aliphatic heterocycles. The summed E-state index contributed by atoms with van der Waals surface area (Å²) >= 11 is 7.66. The molecule has 5 heteroatoms. The molecule has 0 aromatic carbocycles. The van der Waals surface area contributed by atoms with E-state index in [1.165, 1.54) is 0 Å². The van der Waals surface area contributed by atoms with Gasteiger partial charge in [0.15, 0.2) is 0 Å². The molecule has 0 aromatic rings. The van der Waals surface area contributed by atoms with Crippen LogP contribution in [-0.2, 0) is 4.79 Å². The summed E-state index contributed by atoms with van der Waals surface area (Å²) in [4.78, 5) is 9.60.